The summed E-state index contributed by atoms with van der Waals surface area (Å²) >= 11 is 0. The lowest BCUT2D eigenvalue weighted by atomic mass is 9.72. The molecule has 0 aliphatic heterocycles. The Morgan fingerprint density at radius 2 is 1.70 bits per heavy atom. The molecule has 0 heterocycles. The molecule has 2 nitrogen and oxygen atoms in total. The maximum Gasteiger partial charge on any atom is 0.336 e. The second-order valence-electron chi connectivity index (χ2n) is 11.6. The van der Waals surface area contributed by atoms with Crippen molar-refractivity contribution in [3.63, 3.8) is 0 Å². The van der Waals surface area contributed by atoms with Crippen LogP contribution in [0.3, 0.4) is 0 Å². The zero-order valence-corrected chi connectivity index (χ0v) is 26.3. The van der Waals surface area contributed by atoms with Crippen molar-refractivity contribution in [2.45, 2.75) is 87.5 Å². The van der Waals surface area contributed by atoms with E-state index in [9.17, 15) is 4.79 Å². The second kappa shape index (κ2) is 18.1. The van der Waals surface area contributed by atoms with Crippen LogP contribution in [-0.2, 0) is 4.79 Å². The molecule has 2 rings (SSSR count). The van der Waals surface area contributed by atoms with E-state index >= 15 is 0 Å². The fourth-order valence-corrected chi connectivity index (χ4v) is 4.67. The van der Waals surface area contributed by atoms with Gasteiger partial charge >= 0.3 is 5.97 Å². The van der Waals surface area contributed by atoms with Crippen LogP contribution < -0.4 is 4.74 Å². The summed E-state index contributed by atoms with van der Waals surface area (Å²) in [6.07, 6.45) is 24.6. The topological polar surface area (TPSA) is 26.3 Å². The van der Waals surface area contributed by atoms with Gasteiger partial charge in [-0.05, 0) is 107 Å². The molecule has 0 amide bonds. The molecule has 2 heteroatoms. The number of carbonyl (C=O) groups is 1. The molecule has 1 atom stereocenters. The third kappa shape index (κ3) is 13.6. The molecule has 1 aliphatic carbocycles. The molecule has 1 aromatic rings. The molecule has 40 heavy (non-hydrogen) atoms. The molecule has 0 fully saturated rings. The molecular weight excluding hydrogens is 488 g/mol. The highest BCUT2D eigenvalue weighted by Crippen LogP contribution is 2.40. The van der Waals surface area contributed by atoms with Crippen molar-refractivity contribution in [3.05, 3.63) is 119 Å². The minimum Gasteiger partial charge on any atom is -0.423 e. The summed E-state index contributed by atoms with van der Waals surface area (Å²) in [6, 6.07) is 7.64. The summed E-state index contributed by atoms with van der Waals surface area (Å²) in [4.78, 5) is 12.4. The van der Waals surface area contributed by atoms with Crippen molar-refractivity contribution in [1.82, 2.24) is 0 Å². The third-order valence-corrected chi connectivity index (χ3v) is 7.01. The van der Waals surface area contributed by atoms with Crippen molar-refractivity contribution < 1.29 is 9.53 Å². The van der Waals surface area contributed by atoms with Gasteiger partial charge in [-0.1, -0.05) is 98.2 Å². The first-order chi connectivity index (χ1) is 19.0. The summed E-state index contributed by atoms with van der Waals surface area (Å²) in [5, 5.41) is 0. The number of ether oxygens (including phenoxy) is 1. The highest BCUT2D eigenvalue weighted by Gasteiger charge is 2.26. The van der Waals surface area contributed by atoms with Crippen molar-refractivity contribution in [2.75, 3.05) is 0 Å². The van der Waals surface area contributed by atoms with Gasteiger partial charge in [0, 0.05) is 6.08 Å². The molecule has 0 spiro atoms. The largest absolute Gasteiger partial charge is 0.423 e. The third-order valence-electron chi connectivity index (χ3n) is 7.01. The minimum absolute atomic E-state index is 0.245. The second-order valence-corrected chi connectivity index (χ2v) is 11.6. The van der Waals surface area contributed by atoms with E-state index in [0.29, 0.717) is 11.7 Å². The van der Waals surface area contributed by atoms with E-state index in [4.69, 9.17) is 4.74 Å². The van der Waals surface area contributed by atoms with Crippen LogP contribution in [0.1, 0.15) is 93.1 Å². The monoisotopic (exact) mass is 540 g/mol. The Kier molecular flexibility index (Phi) is 15.6. The van der Waals surface area contributed by atoms with Crippen LogP contribution in [-0.4, -0.2) is 5.97 Å². The van der Waals surface area contributed by atoms with Gasteiger partial charge in [-0.15, -0.1) is 13.2 Å². The molecule has 1 aromatic carbocycles. The number of rotatable bonds is 11. The first-order valence-electron chi connectivity index (χ1n) is 14.5. The molecule has 0 N–H and O–H groups in total. The number of benzene rings is 1. The predicted octanol–water partition coefficient (Wildman–Crippen LogP) is 11.3. The number of carbonyl (C=O) groups excluding carboxylic acids is 1. The van der Waals surface area contributed by atoms with Crippen LogP contribution in [0.15, 0.2) is 114 Å². The van der Waals surface area contributed by atoms with E-state index in [2.05, 4.69) is 98.1 Å². The minimum atomic E-state index is -0.370. The van der Waals surface area contributed by atoms with Gasteiger partial charge < -0.3 is 4.74 Å². The summed E-state index contributed by atoms with van der Waals surface area (Å²) in [5.74, 6) is 0.698. The Bertz CT molecular complexity index is 1160. The summed E-state index contributed by atoms with van der Waals surface area (Å²) < 4.78 is 5.49. The molecule has 0 saturated heterocycles. The van der Waals surface area contributed by atoms with Crippen LogP contribution in [0.25, 0.3) is 6.08 Å². The Labute approximate surface area is 245 Å². The highest BCUT2D eigenvalue weighted by atomic mass is 16.5. The Hall–Kier alpha value is -3.39. The van der Waals surface area contributed by atoms with Crippen molar-refractivity contribution in [1.29, 1.82) is 0 Å². The van der Waals surface area contributed by atoms with Gasteiger partial charge in [0.15, 0.2) is 0 Å². The predicted molar refractivity (Wildman–Crippen MR) is 176 cm³/mol. The summed E-state index contributed by atoms with van der Waals surface area (Å²) in [5.41, 5.74) is 7.71. The first-order valence-corrected chi connectivity index (χ1v) is 14.5. The Morgan fingerprint density at radius 3 is 2.33 bits per heavy atom. The lowest BCUT2D eigenvalue weighted by Gasteiger charge is -2.32. The standard InChI is InChI=1S/C36H48O2.C2H4/c1-27(2)12-9-13-28(3)17-19-32-20-22-33(23-21-32)38-35(37)26-30(5)15-10-14-29(4)18-24-34-31(6)16-11-25-36(34,7)8;1-2/h10,12,14-15,17-24,26,28H,9,11,13,16,25H2,1-8H3;1-2H2/b15-10+,19-17+,24-18+,29-14+,30-26-;. The van der Waals surface area contributed by atoms with E-state index in [1.807, 2.05) is 43.3 Å². The smallest absolute Gasteiger partial charge is 0.336 e. The van der Waals surface area contributed by atoms with Gasteiger partial charge in [-0.25, -0.2) is 4.79 Å². The molecule has 0 aromatic heterocycles. The van der Waals surface area contributed by atoms with Gasteiger partial charge in [0.1, 0.15) is 5.75 Å². The maximum absolute atomic E-state index is 12.4. The van der Waals surface area contributed by atoms with E-state index < -0.39 is 0 Å². The van der Waals surface area contributed by atoms with Gasteiger partial charge in [0.2, 0.25) is 0 Å². The Morgan fingerprint density at radius 1 is 1.02 bits per heavy atom. The van der Waals surface area contributed by atoms with Crippen LogP contribution in [0.2, 0.25) is 0 Å². The van der Waals surface area contributed by atoms with Gasteiger partial charge in [0.05, 0.1) is 0 Å². The van der Waals surface area contributed by atoms with Gasteiger partial charge in [0.25, 0.3) is 0 Å². The summed E-state index contributed by atoms with van der Waals surface area (Å²) in [7, 11) is 0. The number of hydrogen-bond donors (Lipinski definition) is 0. The number of esters is 1. The molecule has 0 saturated carbocycles. The molecule has 1 aliphatic rings. The van der Waals surface area contributed by atoms with E-state index in [-0.39, 0.29) is 11.4 Å². The number of hydrogen-bond acceptors (Lipinski definition) is 2. The van der Waals surface area contributed by atoms with E-state index in [1.165, 1.54) is 47.6 Å². The molecule has 0 radical (unpaired) electrons. The lowest BCUT2D eigenvalue weighted by molar-refractivity contribution is -0.129. The molecular formula is C38H52O2. The van der Waals surface area contributed by atoms with Crippen LogP contribution in [0, 0.1) is 11.3 Å². The lowest BCUT2D eigenvalue weighted by Crippen LogP contribution is -2.19. The SMILES string of the molecule is C=C.CC(C)=CCCC(C)/C=C/c1ccc(OC(=O)\C=C(C)/C=C/C=C(C)/C=C/C2=C(C)CCCC2(C)C)cc1. The zero-order valence-electron chi connectivity index (χ0n) is 26.3. The van der Waals surface area contributed by atoms with E-state index in [1.54, 1.807) is 0 Å². The van der Waals surface area contributed by atoms with E-state index in [0.717, 1.165) is 24.0 Å². The fraction of sp³-hybridized carbons (Fsp3) is 0.395. The van der Waals surface area contributed by atoms with Crippen molar-refractivity contribution >= 4 is 12.0 Å². The maximum atomic E-state index is 12.4. The fourth-order valence-electron chi connectivity index (χ4n) is 4.67. The number of allylic oxidation sites excluding steroid dienone is 12. The van der Waals surface area contributed by atoms with Crippen molar-refractivity contribution in [2.24, 2.45) is 11.3 Å². The van der Waals surface area contributed by atoms with Gasteiger partial charge in [-0.2, -0.15) is 0 Å². The van der Waals surface area contributed by atoms with Crippen LogP contribution >= 0.6 is 0 Å². The first kappa shape index (κ1) is 34.6. The normalized spacial score (nSPS) is 16.7. The average Bonchev–Trinajstić information content (AvgIpc) is 2.88. The Balaban J connectivity index is 0.00000391. The average molecular weight is 541 g/mol. The molecule has 216 valence electrons. The molecule has 0 bridgehead atoms. The quantitative estimate of drug-likeness (QED) is 0.0917. The highest BCUT2D eigenvalue weighted by molar-refractivity contribution is 5.85. The van der Waals surface area contributed by atoms with Crippen LogP contribution in [0.4, 0.5) is 0 Å². The molecule has 1 unspecified atom stereocenters. The van der Waals surface area contributed by atoms with Gasteiger partial charge in [-0.3, -0.25) is 0 Å². The summed E-state index contributed by atoms with van der Waals surface area (Å²) in [6.45, 7) is 23.4. The van der Waals surface area contributed by atoms with Crippen molar-refractivity contribution in [3.8, 4) is 5.75 Å². The zero-order chi connectivity index (χ0) is 30.1. The van der Waals surface area contributed by atoms with Crippen LogP contribution in [0.5, 0.6) is 5.75 Å².